The van der Waals surface area contributed by atoms with Gasteiger partial charge in [-0.3, -0.25) is 14.4 Å². The van der Waals surface area contributed by atoms with Crippen LogP contribution in [0.15, 0.2) is 29.2 Å². The number of carbonyl (C=O) groups excluding carboxylic acids is 3. The van der Waals surface area contributed by atoms with E-state index in [1.165, 1.54) is 24.3 Å². The molecule has 0 spiro atoms. The Morgan fingerprint density at radius 2 is 1.59 bits per heavy atom. The van der Waals surface area contributed by atoms with Gasteiger partial charge in [0.15, 0.2) is 6.61 Å². The van der Waals surface area contributed by atoms with Crippen LogP contribution in [0.3, 0.4) is 0 Å². The molecule has 8 nitrogen and oxygen atoms in total. The zero-order valence-corrected chi connectivity index (χ0v) is 20.8. The van der Waals surface area contributed by atoms with E-state index in [0.29, 0.717) is 5.02 Å². The second-order valence-corrected chi connectivity index (χ2v) is 11.8. The number of piperidine rings is 1. The average Bonchev–Trinajstić information content (AvgIpc) is 2.62. The molecule has 0 radical (unpaired) electrons. The van der Waals surface area contributed by atoms with Gasteiger partial charge in [0.2, 0.25) is 10.0 Å². The number of hydrogen-bond acceptors (Lipinski definition) is 6. The Bertz CT molecular complexity index is 966. The number of nitrogens with zero attached hydrogens (tertiary/aromatic N) is 1. The van der Waals surface area contributed by atoms with Crippen LogP contribution in [-0.4, -0.2) is 54.7 Å². The lowest BCUT2D eigenvalue weighted by molar-refractivity contribution is -0.164. The summed E-state index contributed by atoms with van der Waals surface area (Å²) < 4.78 is 32.9. The number of rotatable bonds is 7. The van der Waals surface area contributed by atoms with E-state index in [1.54, 1.807) is 46.4 Å². The normalized spacial score (nSPS) is 19.0. The van der Waals surface area contributed by atoms with Crippen LogP contribution in [0.1, 0.15) is 54.4 Å². The van der Waals surface area contributed by atoms with Crippen LogP contribution in [0.2, 0.25) is 5.02 Å². The Kier molecular flexibility index (Phi) is 7.79. The second-order valence-electron chi connectivity index (χ2n) is 9.65. The predicted molar refractivity (Wildman–Crippen MR) is 121 cm³/mol. The SMILES string of the molecule is CC(C)[C@H](NS(=O)(=O)c1ccc(Cl)cc1)C(=O)OCC(=O)N1C(C)(C)CC(=O)CC1(C)C. The summed E-state index contributed by atoms with van der Waals surface area (Å²) in [6, 6.07) is 4.35. The lowest BCUT2D eigenvalue weighted by Gasteiger charge is -2.52. The van der Waals surface area contributed by atoms with Gasteiger partial charge in [-0.25, -0.2) is 8.42 Å². The molecule has 0 aromatic heterocycles. The van der Waals surface area contributed by atoms with Gasteiger partial charge in [-0.15, -0.1) is 0 Å². The number of Topliss-reactive ketones (excluding diaryl/α,β-unsaturated/α-hetero) is 1. The fourth-order valence-corrected chi connectivity index (χ4v) is 5.73. The largest absolute Gasteiger partial charge is 0.454 e. The number of hydrogen-bond donors (Lipinski definition) is 1. The van der Waals surface area contributed by atoms with Crippen LogP contribution in [0.5, 0.6) is 0 Å². The maximum atomic E-state index is 13.0. The number of nitrogens with one attached hydrogen (secondary N) is 1. The molecule has 1 N–H and O–H groups in total. The molecule has 178 valence electrons. The standard InChI is InChI=1S/C22H31ClN2O6S/c1-14(2)19(24-32(29,30)17-9-7-15(23)8-10-17)20(28)31-13-18(27)25-21(3,4)11-16(26)12-22(25,5)6/h7-10,14,19,24H,11-13H2,1-6H3/t19-/m0/s1. The Morgan fingerprint density at radius 1 is 1.09 bits per heavy atom. The minimum absolute atomic E-state index is 0.0436. The van der Waals surface area contributed by atoms with Gasteiger partial charge in [0.25, 0.3) is 5.91 Å². The van der Waals surface area contributed by atoms with E-state index in [2.05, 4.69) is 4.72 Å². The number of sulfonamides is 1. The highest BCUT2D eigenvalue weighted by Gasteiger charge is 2.47. The van der Waals surface area contributed by atoms with Crippen molar-refractivity contribution in [3.63, 3.8) is 0 Å². The van der Waals surface area contributed by atoms with E-state index in [1.807, 2.05) is 0 Å². The van der Waals surface area contributed by atoms with Gasteiger partial charge in [0, 0.05) is 28.9 Å². The summed E-state index contributed by atoms with van der Waals surface area (Å²) in [4.78, 5) is 39.3. The van der Waals surface area contributed by atoms with E-state index in [0.717, 1.165) is 0 Å². The van der Waals surface area contributed by atoms with E-state index >= 15 is 0 Å². The molecule has 2 rings (SSSR count). The molecule has 1 aromatic carbocycles. The Labute approximate surface area is 194 Å². The number of ketones is 1. The fourth-order valence-electron chi connectivity index (χ4n) is 4.27. The number of ether oxygens (including phenoxy) is 1. The number of likely N-dealkylation sites (tertiary alicyclic amines) is 1. The summed E-state index contributed by atoms with van der Waals surface area (Å²) in [6.45, 7) is 9.96. The zero-order chi connectivity index (χ0) is 24.5. The second kappa shape index (κ2) is 9.49. The highest BCUT2D eigenvalue weighted by atomic mass is 35.5. The van der Waals surface area contributed by atoms with Crippen LogP contribution in [0.4, 0.5) is 0 Å². The van der Waals surface area contributed by atoms with Gasteiger partial charge in [-0.2, -0.15) is 4.72 Å². The maximum absolute atomic E-state index is 13.0. The molecular weight excluding hydrogens is 456 g/mol. The minimum Gasteiger partial charge on any atom is -0.454 e. The first-order chi connectivity index (χ1) is 14.6. The summed E-state index contributed by atoms with van der Waals surface area (Å²) in [7, 11) is -4.01. The molecule has 32 heavy (non-hydrogen) atoms. The highest BCUT2D eigenvalue weighted by molar-refractivity contribution is 7.89. The van der Waals surface area contributed by atoms with E-state index in [4.69, 9.17) is 16.3 Å². The Hall–Kier alpha value is -1.97. The lowest BCUT2D eigenvalue weighted by Crippen LogP contribution is -2.64. The van der Waals surface area contributed by atoms with Crippen LogP contribution < -0.4 is 4.72 Å². The van der Waals surface area contributed by atoms with Crippen molar-refractivity contribution in [3.05, 3.63) is 29.3 Å². The molecule has 1 aliphatic rings. The van der Waals surface area contributed by atoms with Gasteiger partial charge in [-0.05, 0) is 57.9 Å². The number of amides is 1. The van der Waals surface area contributed by atoms with Crippen molar-refractivity contribution in [3.8, 4) is 0 Å². The van der Waals surface area contributed by atoms with E-state index in [9.17, 15) is 22.8 Å². The first kappa shape index (κ1) is 26.3. The van der Waals surface area contributed by atoms with Crippen molar-refractivity contribution in [2.24, 2.45) is 5.92 Å². The van der Waals surface area contributed by atoms with Gasteiger partial charge in [0.1, 0.15) is 11.8 Å². The molecule has 1 amide bonds. The first-order valence-corrected chi connectivity index (χ1v) is 12.2. The molecule has 1 fully saturated rings. The third kappa shape index (κ3) is 6.08. The Morgan fingerprint density at radius 3 is 2.06 bits per heavy atom. The molecular formula is C22H31ClN2O6S. The summed E-state index contributed by atoms with van der Waals surface area (Å²) in [5.41, 5.74) is -1.45. The summed E-state index contributed by atoms with van der Waals surface area (Å²) in [5.74, 6) is -1.66. The molecule has 1 atom stereocenters. The topological polar surface area (TPSA) is 110 Å². The molecule has 0 aliphatic carbocycles. The molecule has 1 aromatic rings. The third-order valence-corrected chi connectivity index (χ3v) is 7.09. The van der Waals surface area contributed by atoms with Gasteiger partial charge < -0.3 is 9.64 Å². The first-order valence-electron chi connectivity index (χ1n) is 10.4. The molecule has 0 unspecified atom stereocenters. The zero-order valence-electron chi connectivity index (χ0n) is 19.3. The van der Waals surface area contributed by atoms with E-state index in [-0.39, 0.29) is 23.5 Å². The molecule has 0 bridgehead atoms. The van der Waals surface area contributed by atoms with Crippen molar-refractivity contribution in [2.45, 2.75) is 76.4 Å². The predicted octanol–water partition coefficient (Wildman–Crippen LogP) is 2.93. The van der Waals surface area contributed by atoms with Crippen molar-refractivity contribution < 1.29 is 27.5 Å². The average molecular weight is 487 g/mol. The number of carbonyl (C=O) groups is 3. The summed E-state index contributed by atoms with van der Waals surface area (Å²) in [6.07, 6.45) is 0.428. The highest BCUT2D eigenvalue weighted by Crippen LogP contribution is 2.36. The van der Waals surface area contributed by atoms with Gasteiger partial charge in [0.05, 0.1) is 4.90 Å². The monoisotopic (exact) mass is 486 g/mol. The van der Waals surface area contributed by atoms with Crippen molar-refractivity contribution in [2.75, 3.05) is 6.61 Å². The van der Waals surface area contributed by atoms with Crippen molar-refractivity contribution in [1.29, 1.82) is 0 Å². The molecule has 1 heterocycles. The van der Waals surface area contributed by atoms with Crippen LogP contribution in [0.25, 0.3) is 0 Å². The summed E-state index contributed by atoms with van der Waals surface area (Å²) >= 11 is 5.81. The van der Waals surface area contributed by atoms with E-state index < -0.39 is 51.5 Å². The Balaban J connectivity index is 2.12. The molecule has 0 saturated carbocycles. The number of halogens is 1. The lowest BCUT2D eigenvalue weighted by atomic mass is 9.79. The van der Waals surface area contributed by atoms with Crippen LogP contribution >= 0.6 is 11.6 Å². The number of benzene rings is 1. The van der Waals surface area contributed by atoms with Crippen molar-refractivity contribution in [1.82, 2.24) is 9.62 Å². The molecule has 1 aliphatic heterocycles. The third-order valence-electron chi connectivity index (χ3n) is 5.38. The molecule has 1 saturated heterocycles. The van der Waals surface area contributed by atoms with Crippen LogP contribution in [0, 0.1) is 5.92 Å². The minimum atomic E-state index is -4.01. The smallest absolute Gasteiger partial charge is 0.324 e. The number of esters is 1. The maximum Gasteiger partial charge on any atom is 0.324 e. The molecule has 10 heteroatoms. The quantitative estimate of drug-likeness (QED) is 0.593. The van der Waals surface area contributed by atoms with Gasteiger partial charge >= 0.3 is 5.97 Å². The summed E-state index contributed by atoms with van der Waals surface area (Å²) in [5, 5.41) is 0.382. The van der Waals surface area contributed by atoms with Gasteiger partial charge in [-0.1, -0.05) is 25.4 Å². The fraction of sp³-hybridized carbons (Fsp3) is 0.591. The van der Waals surface area contributed by atoms with Crippen LogP contribution in [-0.2, 0) is 29.1 Å². The van der Waals surface area contributed by atoms with Crippen molar-refractivity contribution >= 4 is 39.3 Å².